The van der Waals surface area contributed by atoms with Gasteiger partial charge < -0.3 is 15.0 Å². The lowest BCUT2D eigenvalue weighted by molar-refractivity contribution is -0.148. The van der Waals surface area contributed by atoms with Gasteiger partial charge in [-0.15, -0.1) is 0 Å². The first-order valence-corrected chi connectivity index (χ1v) is 7.28. The minimum absolute atomic E-state index is 0.00618. The van der Waals surface area contributed by atoms with Gasteiger partial charge in [0.2, 0.25) is 11.8 Å². The molecule has 1 saturated carbocycles. The molecule has 0 aromatic heterocycles. The van der Waals surface area contributed by atoms with Gasteiger partial charge in [0.1, 0.15) is 6.04 Å². The average Bonchev–Trinajstić information content (AvgIpc) is 2.86. The minimum atomic E-state index is -0.353. The molecule has 1 saturated heterocycles. The maximum Gasteiger partial charge on any atom is 0.243 e. The van der Waals surface area contributed by atoms with Gasteiger partial charge in [-0.25, -0.2) is 0 Å². The zero-order valence-electron chi connectivity index (χ0n) is 11.9. The van der Waals surface area contributed by atoms with Gasteiger partial charge in [-0.05, 0) is 18.8 Å². The van der Waals surface area contributed by atoms with E-state index < -0.39 is 0 Å². The molecule has 5 heteroatoms. The number of hydrogen-bond donors (Lipinski definition) is 1. The van der Waals surface area contributed by atoms with E-state index in [0.29, 0.717) is 19.3 Å². The van der Waals surface area contributed by atoms with Crippen molar-refractivity contribution in [1.29, 1.82) is 0 Å². The molecule has 2 rings (SSSR count). The number of rotatable bonds is 5. The Bertz CT molecular complexity index is 338. The molecule has 0 spiro atoms. The molecule has 1 heterocycles. The summed E-state index contributed by atoms with van der Waals surface area (Å²) in [6, 6.07) is -0.353. The number of carbonyl (C=O) groups is 2. The Morgan fingerprint density at radius 2 is 2.00 bits per heavy atom. The molecular weight excluding hydrogens is 244 g/mol. The van der Waals surface area contributed by atoms with Crippen molar-refractivity contribution in [3.05, 3.63) is 0 Å². The number of amides is 2. The Labute approximate surface area is 114 Å². The number of ether oxygens (including phenoxy) is 1. The molecule has 19 heavy (non-hydrogen) atoms. The third-order valence-electron chi connectivity index (χ3n) is 3.96. The van der Waals surface area contributed by atoms with Crippen LogP contribution in [0, 0.1) is 5.92 Å². The van der Waals surface area contributed by atoms with E-state index in [1.165, 1.54) is 12.8 Å². The summed E-state index contributed by atoms with van der Waals surface area (Å²) >= 11 is 0. The third kappa shape index (κ3) is 3.47. The number of nitrogens with zero attached hydrogens (tertiary/aromatic N) is 1. The minimum Gasteiger partial charge on any atom is -0.376 e. The number of piperazine rings is 1. The van der Waals surface area contributed by atoms with Crippen molar-refractivity contribution in [2.24, 2.45) is 5.92 Å². The van der Waals surface area contributed by atoms with Crippen LogP contribution in [0.3, 0.4) is 0 Å². The molecule has 1 N–H and O–H groups in total. The van der Waals surface area contributed by atoms with E-state index >= 15 is 0 Å². The molecule has 1 aliphatic carbocycles. The number of carbonyl (C=O) groups excluding carboxylic acids is 2. The molecule has 1 atom stereocenters. The zero-order chi connectivity index (χ0) is 13.8. The molecule has 0 aromatic rings. The van der Waals surface area contributed by atoms with E-state index in [9.17, 15) is 9.59 Å². The summed E-state index contributed by atoms with van der Waals surface area (Å²) < 4.78 is 5.79. The van der Waals surface area contributed by atoms with E-state index in [-0.39, 0.29) is 30.3 Å². The zero-order valence-corrected chi connectivity index (χ0v) is 11.9. The fourth-order valence-corrected chi connectivity index (χ4v) is 2.96. The first-order chi connectivity index (χ1) is 9.09. The molecule has 0 radical (unpaired) electrons. The Kier molecular flexibility index (Phi) is 4.80. The molecule has 2 aliphatic rings. The van der Waals surface area contributed by atoms with Crippen LogP contribution in [0.5, 0.6) is 0 Å². The fourth-order valence-electron chi connectivity index (χ4n) is 2.96. The molecule has 1 unspecified atom stereocenters. The topological polar surface area (TPSA) is 58.6 Å². The van der Waals surface area contributed by atoms with Crippen LogP contribution in [0.1, 0.15) is 39.5 Å². The summed E-state index contributed by atoms with van der Waals surface area (Å²) in [5.41, 5.74) is 0. The highest BCUT2D eigenvalue weighted by atomic mass is 16.5. The SMILES string of the molecule is CC(C)C1C(=O)NCC(=O)N1CCOC1CCCC1. The maximum atomic E-state index is 11.9. The van der Waals surface area contributed by atoms with Gasteiger partial charge in [0.05, 0.1) is 19.3 Å². The monoisotopic (exact) mass is 268 g/mol. The van der Waals surface area contributed by atoms with Gasteiger partial charge in [0.15, 0.2) is 0 Å². The van der Waals surface area contributed by atoms with E-state index in [1.54, 1.807) is 4.90 Å². The average molecular weight is 268 g/mol. The molecular formula is C14H24N2O3. The first kappa shape index (κ1) is 14.3. The molecule has 108 valence electrons. The largest absolute Gasteiger partial charge is 0.376 e. The summed E-state index contributed by atoms with van der Waals surface area (Å²) in [4.78, 5) is 25.5. The Morgan fingerprint density at radius 1 is 1.32 bits per heavy atom. The Balaban J connectivity index is 1.86. The van der Waals surface area contributed by atoms with Gasteiger partial charge >= 0.3 is 0 Å². The highest BCUT2D eigenvalue weighted by molar-refractivity contribution is 5.94. The predicted molar refractivity (Wildman–Crippen MR) is 71.6 cm³/mol. The molecule has 0 aromatic carbocycles. The fraction of sp³-hybridized carbons (Fsp3) is 0.857. The summed E-state index contributed by atoms with van der Waals surface area (Å²) in [6.07, 6.45) is 5.09. The van der Waals surface area contributed by atoms with Crippen molar-refractivity contribution >= 4 is 11.8 Å². The standard InChI is InChI=1S/C14H24N2O3/c1-10(2)13-14(18)15-9-12(17)16(13)7-8-19-11-5-3-4-6-11/h10-11,13H,3-9H2,1-2H3,(H,15,18). The van der Waals surface area contributed by atoms with Gasteiger partial charge in [0.25, 0.3) is 0 Å². The smallest absolute Gasteiger partial charge is 0.243 e. The van der Waals surface area contributed by atoms with Crippen LogP contribution in [-0.4, -0.2) is 48.6 Å². The van der Waals surface area contributed by atoms with Crippen LogP contribution in [0.4, 0.5) is 0 Å². The van der Waals surface area contributed by atoms with Gasteiger partial charge in [-0.3, -0.25) is 9.59 Å². The van der Waals surface area contributed by atoms with Gasteiger partial charge in [-0.1, -0.05) is 26.7 Å². The number of nitrogens with one attached hydrogen (secondary N) is 1. The molecule has 2 amide bonds. The van der Waals surface area contributed by atoms with E-state index in [4.69, 9.17) is 4.74 Å². The van der Waals surface area contributed by atoms with Crippen molar-refractivity contribution in [3.8, 4) is 0 Å². The van der Waals surface area contributed by atoms with Gasteiger partial charge in [-0.2, -0.15) is 0 Å². The second-order valence-corrected chi connectivity index (χ2v) is 5.77. The quantitative estimate of drug-likeness (QED) is 0.807. The highest BCUT2D eigenvalue weighted by Crippen LogP contribution is 2.21. The summed E-state index contributed by atoms with van der Waals surface area (Å²) in [7, 11) is 0. The second kappa shape index (κ2) is 6.37. The predicted octanol–water partition coefficient (Wildman–Crippen LogP) is 0.929. The third-order valence-corrected chi connectivity index (χ3v) is 3.96. The summed E-state index contributed by atoms with van der Waals surface area (Å²) in [6.45, 7) is 5.10. The van der Waals surface area contributed by atoms with E-state index in [0.717, 1.165) is 12.8 Å². The second-order valence-electron chi connectivity index (χ2n) is 5.77. The molecule has 0 bridgehead atoms. The van der Waals surface area contributed by atoms with Crippen LogP contribution in [0.15, 0.2) is 0 Å². The van der Waals surface area contributed by atoms with E-state index in [1.807, 2.05) is 13.8 Å². The summed E-state index contributed by atoms with van der Waals surface area (Å²) in [5.74, 6) is 0.0690. The van der Waals surface area contributed by atoms with Crippen molar-refractivity contribution in [1.82, 2.24) is 10.2 Å². The lowest BCUT2D eigenvalue weighted by atomic mass is 9.99. The van der Waals surface area contributed by atoms with Crippen LogP contribution < -0.4 is 5.32 Å². The van der Waals surface area contributed by atoms with Crippen LogP contribution in [0.2, 0.25) is 0 Å². The van der Waals surface area contributed by atoms with Gasteiger partial charge in [0, 0.05) is 6.54 Å². The highest BCUT2D eigenvalue weighted by Gasteiger charge is 2.36. The van der Waals surface area contributed by atoms with Crippen LogP contribution in [-0.2, 0) is 14.3 Å². The lowest BCUT2D eigenvalue weighted by Crippen LogP contribution is -2.60. The van der Waals surface area contributed by atoms with E-state index in [2.05, 4.69) is 5.32 Å². The molecule has 5 nitrogen and oxygen atoms in total. The Morgan fingerprint density at radius 3 is 2.63 bits per heavy atom. The van der Waals surface area contributed by atoms with Crippen LogP contribution >= 0.6 is 0 Å². The van der Waals surface area contributed by atoms with Crippen molar-refractivity contribution in [2.75, 3.05) is 19.7 Å². The Hall–Kier alpha value is -1.10. The molecule has 1 aliphatic heterocycles. The van der Waals surface area contributed by atoms with Crippen molar-refractivity contribution in [3.63, 3.8) is 0 Å². The summed E-state index contributed by atoms with van der Waals surface area (Å²) in [5, 5.41) is 2.65. The lowest BCUT2D eigenvalue weighted by Gasteiger charge is -2.37. The van der Waals surface area contributed by atoms with Crippen LogP contribution in [0.25, 0.3) is 0 Å². The normalized spacial score (nSPS) is 25.2. The number of hydrogen-bond acceptors (Lipinski definition) is 3. The maximum absolute atomic E-state index is 11.9. The first-order valence-electron chi connectivity index (χ1n) is 7.28. The van der Waals surface area contributed by atoms with Crippen molar-refractivity contribution < 1.29 is 14.3 Å². The molecule has 2 fully saturated rings. The van der Waals surface area contributed by atoms with Crippen molar-refractivity contribution in [2.45, 2.75) is 51.7 Å².